The Kier molecular flexibility index (Phi) is 7.62. The van der Waals surface area contributed by atoms with E-state index >= 15 is 0 Å². The Bertz CT molecular complexity index is 478. The zero-order valence-electron chi connectivity index (χ0n) is 14.4. The molecule has 1 heterocycles. The summed E-state index contributed by atoms with van der Waals surface area (Å²) in [4.78, 5) is 1.76. The number of likely N-dealkylation sites (tertiary alicyclic amines) is 1. The molecule has 1 aromatic carbocycles. The Morgan fingerprint density at radius 3 is 2.74 bits per heavy atom. The summed E-state index contributed by atoms with van der Waals surface area (Å²) in [7, 11) is 1.68. The van der Waals surface area contributed by atoms with Crippen LogP contribution >= 0.6 is 12.2 Å². The molecule has 0 bridgehead atoms. The van der Waals surface area contributed by atoms with Crippen molar-refractivity contribution in [2.75, 3.05) is 26.7 Å². The van der Waals surface area contributed by atoms with Crippen LogP contribution in [-0.2, 0) is 6.54 Å². The lowest BCUT2D eigenvalue weighted by atomic mass is 10.0. The number of piperidine rings is 1. The van der Waals surface area contributed by atoms with Crippen LogP contribution < -0.4 is 20.3 Å². The van der Waals surface area contributed by atoms with Crippen LogP contribution in [0.1, 0.15) is 38.2 Å². The third-order valence-corrected chi connectivity index (χ3v) is 4.94. The minimum atomic E-state index is 0.738. The maximum Gasteiger partial charge on any atom is 0.166 e. The topological polar surface area (TPSA) is 37.7 Å². The second-order valence-electron chi connectivity index (χ2n) is 6.37. The summed E-state index contributed by atoms with van der Waals surface area (Å²) in [6.45, 7) is 6.65. The highest BCUT2D eigenvalue weighted by Gasteiger charge is 2.20. The standard InChI is InChI=1S/C18H29N3OS/c1-15-6-3-4-12-21(15)13-5-11-19-18(23)20-14-16-7-9-17(22-2)10-8-16/h7-10,15H,3-6,11-14H2,1-2H3,(H2,19,20,23)/p+1/t15-/m0/s1. The largest absolute Gasteiger partial charge is 0.497 e. The van der Waals surface area contributed by atoms with Crippen molar-refractivity contribution in [3.63, 3.8) is 0 Å². The minimum Gasteiger partial charge on any atom is -0.497 e. The number of thiocarbonyl (C=S) groups is 1. The first kappa shape index (κ1) is 18.0. The van der Waals surface area contributed by atoms with Crippen LogP contribution in [0, 0.1) is 0 Å². The molecule has 128 valence electrons. The lowest BCUT2D eigenvalue weighted by Gasteiger charge is -2.30. The molecule has 0 radical (unpaired) electrons. The van der Waals surface area contributed by atoms with E-state index < -0.39 is 0 Å². The molecule has 1 aliphatic heterocycles. The first-order valence-electron chi connectivity index (χ1n) is 8.68. The summed E-state index contributed by atoms with van der Waals surface area (Å²) in [5.74, 6) is 0.879. The zero-order chi connectivity index (χ0) is 16.5. The maximum atomic E-state index is 5.34. The highest BCUT2D eigenvalue weighted by molar-refractivity contribution is 7.80. The lowest BCUT2D eigenvalue weighted by molar-refractivity contribution is -0.928. The van der Waals surface area contributed by atoms with Crippen LogP contribution in [0.4, 0.5) is 0 Å². The highest BCUT2D eigenvalue weighted by atomic mass is 32.1. The van der Waals surface area contributed by atoms with Gasteiger partial charge in [0.15, 0.2) is 5.11 Å². The van der Waals surface area contributed by atoms with Crippen molar-refractivity contribution in [1.29, 1.82) is 0 Å². The van der Waals surface area contributed by atoms with Gasteiger partial charge >= 0.3 is 0 Å². The van der Waals surface area contributed by atoms with E-state index in [1.807, 2.05) is 12.1 Å². The third kappa shape index (κ3) is 6.36. The van der Waals surface area contributed by atoms with Gasteiger partial charge in [0, 0.05) is 19.5 Å². The summed E-state index contributed by atoms with van der Waals surface area (Å²) in [5.41, 5.74) is 1.20. The molecule has 0 amide bonds. The molecule has 23 heavy (non-hydrogen) atoms. The smallest absolute Gasteiger partial charge is 0.166 e. The van der Waals surface area contributed by atoms with Gasteiger partial charge in [0.2, 0.25) is 0 Å². The van der Waals surface area contributed by atoms with Crippen molar-refractivity contribution in [2.24, 2.45) is 0 Å². The molecule has 1 aromatic rings. The minimum absolute atomic E-state index is 0.738. The van der Waals surface area contributed by atoms with Gasteiger partial charge in [0.1, 0.15) is 5.75 Å². The van der Waals surface area contributed by atoms with E-state index in [4.69, 9.17) is 17.0 Å². The number of hydrogen-bond donors (Lipinski definition) is 3. The molecule has 1 unspecified atom stereocenters. The first-order chi connectivity index (χ1) is 11.2. The molecule has 1 saturated heterocycles. The van der Waals surface area contributed by atoms with Gasteiger partial charge in [-0.3, -0.25) is 0 Å². The molecular weight excluding hydrogens is 306 g/mol. The highest BCUT2D eigenvalue weighted by Crippen LogP contribution is 2.10. The molecule has 2 atom stereocenters. The quantitative estimate of drug-likeness (QED) is 0.521. The number of benzene rings is 1. The summed E-state index contributed by atoms with van der Waals surface area (Å²) >= 11 is 5.34. The summed E-state index contributed by atoms with van der Waals surface area (Å²) in [6, 6.07) is 8.86. The lowest BCUT2D eigenvalue weighted by Crippen LogP contribution is -3.16. The van der Waals surface area contributed by atoms with Gasteiger partial charge in [-0.15, -0.1) is 0 Å². The zero-order valence-corrected chi connectivity index (χ0v) is 15.2. The number of quaternary nitrogens is 1. The predicted octanol–water partition coefficient (Wildman–Crippen LogP) is 1.51. The van der Waals surface area contributed by atoms with Crippen molar-refractivity contribution >= 4 is 17.3 Å². The van der Waals surface area contributed by atoms with Crippen molar-refractivity contribution in [2.45, 2.75) is 45.2 Å². The van der Waals surface area contributed by atoms with E-state index in [2.05, 4.69) is 29.7 Å². The van der Waals surface area contributed by atoms with E-state index in [1.54, 1.807) is 12.0 Å². The van der Waals surface area contributed by atoms with Crippen LogP contribution in [0.3, 0.4) is 0 Å². The van der Waals surface area contributed by atoms with Gasteiger partial charge < -0.3 is 20.3 Å². The van der Waals surface area contributed by atoms with Gasteiger partial charge in [0.05, 0.1) is 26.2 Å². The van der Waals surface area contributed by atoms with E-state index in [-0.39, 0.29) is 0 Å². The van der Waals surface area contributed by atoms with E-state index in [0.717, 1.165) is 30.0 Å². The number of nitrogens with one attached hydrogen (secondary N) is 3. The average Bonchev–Trinajstić information content (AvgIpc) is 2.59. The van der Waals surface area contributed by atoms with Gasteiger partial charge in [-0.1, -0.05) is 12.1 Å². The van der Waals surface area contributed by atoms with E-state index in [9.17, 15) is 0 Å². The molecule has 0 aliphatic carbocycles. The fourth-order valence-corrected chi connectivity index (χ4v) is 3.30. The predicted molar refractivity (Wildman–Crippen MR) is 99.1 cm³/mol. The van der Waals surface area contributed by atoms with Crippen LogP contribution in [0.15, 0.2) is 24.3 Å². The fraction of sp³-hybridized carbons (Fsp3) is 0.611. The van der Waals surface area contributed by atoms with Crippen molar-refractivity contribution in [3.05, 3.63) is 29.8 Å². The molecule has 0 aromatic heterocycles. The molecular formula is C18H30N3OS+. The number of hydrogen-bond acceptors (Lipinski definition) is 2. The van der Waals surface area contributed by atoms with Gasteiger partial charge in [0.25, 0.3) is 0 Å². The Morgan fingerprint density at radius 1 is 1.26 bits per heavy atom. The van der Waals surface area contributed by atoms with E-state index in [0.29, 0.717) is 0 Å². The maximum absolute atomic E-state index is 5.34. The SMILES string of the molecule is COc1ccc(CNC(=S)NCCC[NH+]2CCCC[C@@H]2C)cc1. The van der Waals surface area contributed by atoms with Crippen LogP contribution in [0.25, 0.3) is 0 Å². The second kappa shape index (κ2) is 9.73. The van der Waals surface area contributed by atoms with Crippen LogP contribution in [0.5, 0.6) is 5.75 Å². The van der Waals surface area contributed by atoms with Gasteiger partial charge in [-0.2, -0.15) is 0 Å². The Hall–Kier alpha value is -1.33. The Labute approximate surface area is 145 Å². The van der Waals surface area contributed by atoms with Crippen molar-refractivity contribution < 1.29 is 9.64 Å². The monoisotopic (exact) mass is 336 g/mol. The fourth-order valence-electron chi connectivity index (χ4n) is 3.13. The molecule has 0 saturated carbocycles. The second-order valence-corrected chi connectivity index (χ2v) is 6.77. The van der Waals surface area contributed by atoms with Gasteiger partial charge in [-0.25, -0.2) is 0 Å². The molecule has 1 aliphatic rings. The van der Waals surface area contributed by atoms with Crippen LogP contribution in [0.2, 0.25) is 0 Å². The summed E-state index contributed by atoms with van der Waals surface area (Å²) in [6.07, 6.45) is 5.34. The molecule has 1 fully saturated rings. The number of rotatable bonds is 7. The number of methoxy groups -OCH3 is 1. The van der Waals surface area contributed by atoms with Crippen molar-refractivity contribution in [1.82, 2.24) is 10.6 Å². The summed E-state index contributed by atoms with van der Waals surface area (Å²) in [5, 5.41) is 7.31. The Balaban J connectivity index is 1.57. The van der Waals surface area contributed by atoms with Gasteiger partial charge in [-0.05, 0) is 56.1 Å². The van der Waals surface area contributed by atoms with E-state index in [1.165, 1.54) is 44.3 Å². The normalized spacial score (nSPS) is 20.8. The summed E-state index contributed by atoms with van der Waals surface area (Å²) < 4.78 is 5.16. The molecule has 5 heteroatoms. The molecule has 3 N–H and O–H groups in total. The van der Waals surface area contributed by atoms with Crippen LogP contribution in [-0.4, -0.2) is 37.9 Å². The third-order valence-electron chi connectivity index (χ3n) is 4.65. The first-order valence-corrected chi connectivity index (χ1v) is 9.09. The number of ether oxygens (including phenoxy) is 1. The Morgan fingerprint density at radius 2 is 2.04 bits per heavy atom. The van der Waals surface area contributed by atoms with Crippen molar-refractivity contribution in [3.8, 4) is 5.75 Å². The molecule has 2 rings (SSSR count). The average molecular weight is 337 g/mol. The molecule has 0 spiro atoms. The molecule has 4 nitrogen and oxygen atoms in total.